The number of thiophene rings is 1. The molecular weight excluding hydrogens is 266 g/mol. The number of carbonyl (C=O) groups excluding carboxylic acids is 1. The van der Waals surface area contributed by atoms with Crippen molar-refractivity contribution in [1.82, 2.24) is 0 Å². The summed E-state index contributed by atoms with van der Waals surface area (Å²) in [7, 11) is 3.26. The molecule has 1 aromatic heterocycles. The standard InChI is InChI=1S/C12H19N3O3S/c1-17-7-4-3-5-15(6-7)12-9(18-2)8(13)10(19-12)11(14)16/h7H,3-6,13H2,1-2H3,(H2,14,16). The first-order valence-corrected chi connectivity index (χ1v) is 6.94. The summed E-state index contributed by atoms with van der Waals surface area (Å²) in [5.41, 5.74) is 11.6. The SMILES string of the molecule is COc1c(N2CCCC(OC)C2)sc(C(N)=O)c1N. The second-order valence-electron chi connectivity index (χ2n) is 4.49. The lowest BCUT2D eigenvalue weighted by Gasteiger charge is -2.32. The fraction of sp³-hybridized carbons (Fsp3) is 0.583. The van der Waals surface area contributed by atoms with E-state index in [0.717, 1.165) is 30.9 Å². The summed E-state index contributed by atoms with van der Waals surface area (Å²) in [6.45, 7) is 1.67. The topological polar surface area (TPSA) is 90.8 Å². The van der Waals surface area contributed by atoms with Crippen molar-refractivity contribution in [3.63, 3.8) is 0 Å². The molecule has 1 fully saturated rings. The summed E-state index contributed by atoms with van der Waals surface area (Å²) in [4.78, 5) is 13.9. The number of methoxy groups -OCH3 is 2. The second kappa shape index (κ2) is 5.66. The van der Waals surface area contributed by atoms with Gasteiger partial charge in [0.1, 0.15) is 15.6 Å². The highest BCUT2D eigenvalue weighted by molar-refractivity contribution is 7.19. The zero-order valence-electron chi connectivity index (χ0n) is 11.1. The fourth-order valence-corrected chi connectivity index (χ4v) is 3.40. The van der Waals surface area contributed by atoms with Crippen molar-refractivity contribution in [3.8, 4) is 5.75 Å². The van der Waals surface area contributed by atoms with Gasteiger partial charge in [0.15, 0.2) is 5.75 Å². The molecule has 0 bridgehead atoms. The molecule has 1 amide bonds. The summed E-state index contributed by atoms with van der Waals surface area (Å²) in [5.74, 6) is 0.0166. The Bertz CT molecular complexity index is 475. The van der Waals surface area contributed by atoms with Gasteiger partial charge < -0.3 is 25.8 Å². The molecule has 0 aliphatic carbocycles. The maximum Gasteiger partial charge on any atom is 0.261 e. The van der Waals surface area contributed by atoms with E-state index in [9.17, 15) is 4.79 Å². The average Bonchev–Trinajstić information content (AvgIpc) is 2.75. The van der Waals surface area contributed by atoms with Crippen LogP contribution in [0.4, 0.5) is 10.7 Å². The van der Waals surface area contributed by atoms with E-state index in [1.165, 1.54) is 11.3 Å². The molecule has 0 spiro atoms. The molecule has 6 nitrogen and oxygen atoms in total. The van der Waals surface area contributed by atoms with E-state index >= 15 is 0 Å². The van der Waals surface area contributed by atoms with Gasteiger partial charge in [-0.2, -0.15) is 0 Å². The molecule has 2 heterocycles. The Morgan fingerprint density at radius 3 is 2.79 bits per heavy atom. The van der Waals surface area contributed by atoms with Gasteiger partial charge in [-0.15, -0.1) is 11.3 Å². The molecule has 1 unspecified atom stereocenters. The van der Waals surface area contributed by atoms with Crippen molar-refractivity contribution in [2.24, 2.45) is 5.73 Å². The molecule has 2 rings (SSSR count). The molecule has 19 heavy (non-hydrogen) atoms. The van der Waals surface area contributed by atoms with E-state index in [4.69, 9.17) is 20.9 Å². The third-order valence-corrected chi connectivity index (χ3v) is 4.57. The van der Waals surface area contributed by atoms with Gasteiger partial charge in [-0.05, 0) is 12.8 Å². The highest BCUT2D eigenvalue weighted by Crippen LogP contribution is 2.45. The van der Waals surface area contributed by atoms with Gasteiger partial charge in [0.2, 0.25) is 0 Å². The van der Waals surface area contributed by atoms with Crippen LogP contribution in [-0.2, 0) is 4.74 Å². The van der Waals surface area contributed by atoms with Gasteiger partial charge in [-0.25, -0.2) is 0 Å². The van der Waals surface area contributed by atoms with E-state index in [1.54, 1.807) is 14.2 Å². The Labute approximate surface area is 116 Å². The van der Waals surface area contributed by atoms with Gasteiger partial charge in [-0.1, -0.05) is 0 Å². The quantitative estimate of drug-likeness (QED) is 0.863. The van der Waals surface area contributed by atoms with Gasteiger partial charge in [0.25, 0.3) is 5.91 Å². The van der Waals surface area contributed by atoms with Crippen LogP contribution in [0.5, 0.6) is 5.75 Å². The predicted octanol–water partition coefficient (Wildman–Crippen LogP) is 1.05. The lowest BCUT2D eigenvalue weighted by Crippen LogP contribution is -2.38. The summed E-state index contributed by atoms with van der Waals surface area (Å²) >= 11 is 1.28. The Morgan fingerprint density at radius 1 is 1.47 bits per heavy atom. The minimum atomic E-state index is -0.521. The number of anilines is 2. The third-order valence-electron chi connectivity index (χ3n) is 3.31. The molecule has 0 saturated carbocycles. The molecule has 1 saturated heterocycles. The Morgan fingerprint density at radius 2 is 2.21 bits per heavy atom. The molecule has 7 heteroatoms. The number of nitrogens with two attached hydrogens (primary N) is 2. The van der Waals surface area contributed by atoms with Gasteiger partial charge in [0, 0.05) is 20.2 Å². The van der Waals surface area contributed by atoms with E-state index in [0.29, 0.717) is 16.3 Å². The summed E-state index contributed by atoms with van der Waals surface area (Å²) < 4.78 is 10.7. The van der Waals surface area contributed by atoms with Crippen LogP contribution in [0.1, 0.15) is 22.5 Å². The Kier molecular flexibility index (Phi) is 4.16. The fourth-order valence-electron chi connectivity index (χ4n) is 2.32. The molecule has 4 N–H and O–H groups in total. The molecule has 1 aliphatic heterocycles. The minimum absolute atomic E-state index is 0.193. The number of ether oxygens (including phenoxy) is 2. The number of piperidine rings is 1. The average molecular weight is 285 g/mol. The summed E-state index contributed by atoms with van der Waals surface area (Å²) in [6, 6.07) is 0. The van der Waals surface area contributed by atoms with E-state index in [2.05, 4.69) is 4.90 Å². The van der Waals surface area contributed by atoms with Crippen molar-refractivity contribution < 1.29 is 14.3 Å². The van der Waals surface area contributed by atoms with Crippen molar-refractivity contribution >= 4 is 27.9 Å². The molecule has 106 valence electrons. The first-order chi connectivity index (χ1) is 9.08. The molecule has 1 aromatic rings. The normalized spacial score (nSPS) is 19.5. The van der Waals surface area contributed by atoms with Crippen LogP contribution in [0, 0.1) is 0 Å². The molecule has 1 aliphatic rings. The minimum Gasteiger partial charge on any atom is -0.492 e. The lowest BCUT2D eigenvalue weighted by molar-refractivity contribution is 0.0894. The monoisotopic (exact) mass is 285 g/mol. The number of nitrogen functional groups attached to an aromatic ring is 1. The Balaban J connectivity index is 2.33. The van der Waals surface area contributed by atoms with Gasteiger partial charge in [-0.3, -0.25) is 4.79 Å². The zero-order chi connectivity index (χ0) is 14.0. The number of primary amides is 1. The highest BCUT2D eigenvalue weighted by atomic mass is 32.1. The number of nitrogens with zero attached hydrogens (tertiary/aromatic N) is 1. The smallest absolute Gasteiger partial charge is 0.261 e. The van der Waals surface area contributed by atoms with Crippen molar-refractivity contribution in [1.29, 1.82) is 0 Å². The van der Waals surface area contributed by atoms with Crippen LogP contribution in [0.25, 0.3) is 0 Å². The largest absolute Gasteiger partial charge is 0.492 e. The summed E-state index contributed by atoms with van der Waals surface area (Å²) in [6.07, 6.45) is 2.27. The molecular formula is C12H19N3O3S. The van der Waals surface area contributed by atoms with Gasteiger partial charge in [0.05, 0.1) is 13.2 Å². The number of amides is 1. The van der Waals surface area contributed by atoms with Crippen molar-refractivity contribution in [2.45, 2.75) is 18.9 Å². The number of rotatable bonds is 4. The lowest BCUT2D eigenvalue weighted by atomic mass is 10.1. The second-order valence-corrected chi connectivity index (χ2v) is 5.49. The first-order valence-electron chi connectivity index (χ1n) is 6.12. The van der Waals surface area contributed by atoms with Crippen LogP contribution < -0.4 is 21.1 Å². The van der Waals surface area contributed by atoms with Crippen LogP contribution in [0.15, 0.2) is 0 Å². The number of hydrogen-bond acceptors (Lipinski definition) is 6. The first kappa shape index (κ1) is 14.0. The number of hydrogen-bond donors (Lipinski definition) is 2. The van der Waals surface area contributed by atoms with Gasteiger partial charge >= 0.3 is 0 Å². The van der Waals surface area contributed by atoms with Crippen LogP contribution >= 0.6 is 11.3 Å². The summed E-state index contributed by atoms with van der Waals surface area (Å²) in [5, 5.41) is 0.857. The van der Waals surface area contributed by atoms with Crippen molar-refractivity contribution in [3.05, 3.63) is 4.88 Å². The van der Waals surface area contributed by atoms with Crippen LogP contribution in [-0.4, -0.2) is 39.3 Å². The predicted molar refractivity (Wildman–Crippen MR) is 76.0 cm³/mol. The maximum atomic E-state index is 11.4. The van der Waals surface area contributed by atoms with Crippen LogP contribution in [0.2, 0.25) is 0 Å². The molecule has 0 radical (unpaired) electrons. The third kappa shape index (κ3) is 2.62. The van der Waals surface area contributed by atoms with E-state index in [-0.39, 0.29) is 6.10 Å². The number of carbonyl (C=O) groups is 1. The molecule has 0 aromatic carbocycles. The highest BCUT2D eigenvalue weighted by Gasteiger charge is 2.27. The maximum absolute atomic E-state index is 11.4. The van der Waals surface area contributed by atoms with E-state index < -0.39 is 5.91 Å². The molecule has 1 atom stereocenters. The van der Waals surface area contributed by atoms with E-state index in [1.807, 2.05) is 0 Å². The zero-order valence-corrected chi connectivity index (χ0v) is 12.0. The Hall–Kier alpha value is -1.47. The van der Waals surface area contributed by atoms with Crippen molar-refractivity contribution in [2.75, 3.05) is 37.9 Å². The van der Waals surface area contributed by atoms with Crippen LogP contribution in [0.3, 0.4) is 0 Å².